The van der Waals surface area contributed by atoms with Crippen molar-refractivity contribution in [3.05, 3.63) is 70.8 Å². The van der Waals surface area contributed by atoms with Crippen LogP contribution in [-0.4, -0.2) is 10.9 Å². The van der Waals surface area contributed by atoms with Crippen LogP contribution >= 0.6 is 15.9 Å². The summed E-state index contributed by atoms with van der Waals surface area (Å²) in [7, 11) is 0. The number of halogens is 1. The number of rotatable bonds is 4. The Labute approximate surface area is 139 Å². The molecule has 1 heterocycles. The molecule has 0 bridgehead atoms. The molecule has 0 saturated carbocycles. The van der Waals surface area contributed by atoms with Crippen molar-refractivity contribution in [2.24, 2.45) is 0 Å². The van der Waals surface area contributed by atoms with E-state index in [9.17, 15) is 4.79 Å². The van der Waals surface area contributed by atoms with Gasteiger partial charge in [0.05, 0.1) is 0 Å². The molecule has 0 aliphatic carbocycles. The Hall–Kier alpha value is -2.20. The number of nitrogens with zero attached hydrogens (tertiary/aromatic N) is 1. The minimum absolute atomic E-state index is 0.214. The summed E-state index contributed by atoms with van der Waals surface area (Å²) in [4.78, 5) is 16.3. The van der Waals surface area contributed by atoms with Crippen LogP contribution < -0.4 is 5.32 Å². The zero-order valence-electron chi connectivity index (χ0n) is 12.8. The summed E-state index contributed by atoms with van der Waals surface area (Å²) < 4.78 is 0.924. The molecule has 0 saturated heterocycles. The molecule has 1 aromatic heterocycles. The van der Waals surface area contributed by atoms with E-state index in [0.29, 0.717) is 11.4 Å². The van der Waals surface area contributed by atoms with Gasteiger partial charge in [-0.1, -0.05) is 55.1 Å². The van der Waals surface area contributed by atoms with Crippen LogP contribution in [-0.2, 0) is 0 Å². The molecule has 0 spiro atoms. The van der Waals surface area contributed by atoms with Gasteiger partial charge in [0.15, 0.2) is 0 Å². The zero-order chi connectivity index (χ0) is 16.5. The molecule has 2 rings (SSSR count). The van der Waals surface area contributed by atoms with Crippen LogP contribution in [0.15, 0.2) is 54.2 Å². The minimum Gasteiger partial charge on any atom is -0.306 e. The molecule has 0 fully saturated rings. The third-order valence-corrected chi connectivity index (χ3v) is 3.31. The Morgan fingerprint density at radius 3 is 2.32 bits per heavy atom. The first-order chi connectivity index (χ1) is 10.7. The van der Waals surface area contributed by atoms with E-state index in [1.165, 1.54) is 0 Å². The second-order valence-electron chi connectivity index (χ2n) is 4.03. The van der Waals surface area contributed by atoms with Crippen LogP contribution in [0.25, 0.3) is 12.2 Å². The van der Waals surface area contributed by atoms with Crippen molar-refractivity contribution < 1.29 is 4.79 Å². The molecule has 0 atom stereocenters. The van der Waals surface area contributed by atoms with Gasteiger partial charge in [0.2, 0.25) is 0 Å². The van der Waals surface area contributed by atoms with Crippen molar-refractivity contribution in [1.82, 2.24) is 4.98 Å². The van der Waals surface area contributed by atoms with Gasteiger partial charge in [0.1, 0.15) is 5.82 Å². The number of pyridine rings is 1. The van der Waals surface area contributed by atoms with Crippen molar-refractivity contribution in [3.8, 4) is 0 Å². The number of anilines is 1. The van der Waals surface area contributed by atoms with Crippen molar-refractivity contribution >= 4 is 39.8 Å². The zero-order valence-corrected chi connectivity index (χ0v) is 14.4. The quantitative estimate of drug-likeness (QED) is 0.793. The Morgan fingerprint density at radius 2 is 1.77 bits per heavy atom. The maximum absolute atomic E-state index is 12.2. The summed E-state index contributed by atoms with van der Waals surface area (Å²) in [6, 6.07) is 8.93. The second-order valence-corrected chi connectivity index (χ2v) is 4.95. The number of nitrogens with one attached hydrogen (secondary N) is 1. The fourth-order valence-electron chi connectivity index (χ4n) is 1.76. The van der Waals surface area contributed by atoms with E-state index in [-0.39, 0.29) is 5.91 Å². The van der Waals surface area contributed by atoms with Gasteiger partial charge in [-0.15, -0.1) is 0 Å². The van der Waals surface area contributed by atoms with Crippen LogP contribution in [0, 0.1) is 0 Å². The Balaban J connectivity index is 0.00000116. The van der Waals surface area contributed by atoms with Crippen LogP contribution in [0.4, 0.5) is 5.82 Å². The third-order valence-electron chi connectivity index (χ3n) is 2.79. The Bertz CT molecular complexity index is 663. The molecule has 3 nitrogen and oxygen atoms in total. The fraction of sp³-hybridized carbons (Fsp3) is 0.111. The summed E-state index contributed by atoms with van der Waals surface area (Å²) in [6.07, 6.45) is 4.98. The fourth-order valence-corrected chi connectivity index (χ4v) is 2.03. The number of hydrogen-bond donors (Lipinski definition) is 1. The molecular weight excluding hydrogens is 340 g/mol. The van der Waals surface area contributed by atoms with Gasteiger partial charge < -0.3 is 5.32 Å². The number of carbonyl (C=O) groups excluding carboxylic acids is 1. The number of benzene rings is 1. The molecule has 4 heteroatoms. The van der Waals surface area contributed by atoms with Crippen molar-refractivity contribution in [1.29, 1.82) is 0 Å². The predicted molar refractivity (Wildman–Crippen MR) is 97.9 cm³/mol. The monoisotopic (exact) mass is 358 g/mol. The first-order valence-electron chi connectivity index (χ1n) is 6.96. The highest BCUT2D eigenvalue weighted by molar-refractivity contribution is 9.10. The number of carbonyl (C=O) groups is 1. The van der Waals surface area contributed by atoms with Crippen LogP contribution in [0.5, 0.6) is 0 Å². The van der Waals surface area contributed by atoms with E-state index in [0.717, 1.165) is 15.6 Å². The van der Waals surface area contributed by atoms with Crippen molar-refractivity contribution in [2.45, 2.75) is 13.8 Å². The summed E-state index contributed by atoms with van der Waals surface area (Å²) in [5.41, 5.74) is 2.20. The third kappa shape index (κ3) is 4.40. The highest BCUT2D eigenvalue weighted by Crippen LogP contribution is 2.20. The van der Waals surface area contributed by atoms with Gasteiger partial charge in [-0.05, 0) is 35.9 Å². The smallest absolute Gasteiger partial charge is 0.256 e. The minimum atomic E-state index is -0.214. The maximum Gasteiger partial charge on any atom is 0.256 e. The van der Waals surface area contributed by atoms with Crippen molar-refractivity contribution in [2.75, 3.05) is 5.32 Å². The molecule has 0 aliphatic heterocycles. The molecule has 1 N–H and O–H groups in total. The standard InChI is InChI=1S/C16H13BrN2O.C2H6/c1-3-11-9-10-18-15(14(11)4-2)19-16(20)12-5-7-13(17)8-6-12;1-2/h3-10H,1-2H2,(H,18,19,20);1-2H3. The molecule has 0 unspecified atom stereocenters. The molecule has 1 aromatic carbocycles. The van der Waals surface area contributed by atoms with Gasteiger partial charge in [-0.3, -0.25) is 4.79 Å². The SMILES string of the molecule is C=Cc1ccnc(NC(=O)c2ccc(Br)cc2)c1C=C.CC. The lowest BCUT2D eigenvalue weighted by Crippen LogP contribution is -2.14. The van der Waals surface area contributed by atoms with Gasteiger partial charge >= 0.3 is 0 Å². The van der Waals surface area contributed by atoms with Gasteiger partial charge in [0.25, 0.3) is 5.91 Å². The lowest BCUT2D eigenvalue weighted by molar-refractivity contribution is 0.102. The number of hydrogen-bond acceptors (Lipinski definition) is 2. The largest absolute Gasteiger partial charge is 0.306 e. The predicted octanol–water partition coefficient (Wildman–Crippen LogP) is 5.41. The molecule has 1 amide bonds. The van der Waals surface area contributed by atoms with Gasteiger partial charge in [-0.2, -0.15) is 0 Å². The summed E-state index contributed by atoms with van der Waals surface area (Å²) >= 11 is 3.33. The number of amides is 1. The van der Waals surface area contributed by atoms with E-state index in [1.807, 2.05) is 32.0 Å². The van der Waals surface area contributed by atoms with Gasteiger partial charge in [0, 0.05) is 21.8 Å². The topological polar surface area (TPSA) is 42.0 Å². The summed E-state index contributed by atoms with van der Waals surface area (Å²) in [5.74, 6) is 0.264. The lowest BCUT2D eigenvalue weighted by atomic mass is 10.1. The van der Waals surface area contributed by atoms with Gasteiger partial charge in [-0.25, -0.2) is 4.98 Å². The summed E-state index contributed by atoms with van der Waals surface area (Å²) in [5, 5.41) is 2.79. The van der Waals surface area contributed by atoms with E-state index in [2.05, 4.69) is 39.4 Å². The number of aromatic nitrogens is 1. The van der Waals surface area contributed by atoms with Crippen LogP contribution in [0.1, 0.15) is 35.3 Å². The Morgan fingerprint density at radius 1 is 1.14 bits per heavy atom. The highest BCUT2D eigenvalue weighted by Gasteiger charge is 2.10. The second kappa shape index (κ2) is 8.95. The van der Waals surface area contributed by atoms with E-state index in [4.69, 9.17) is 0 Å². The molecule has 22 heavy (non-hydrogen) atoms. The molecular formula is C18H19BrN2O. The van der Waals surface area contributed by atoms with Crippen LogP contribution in [0.3, 0.4) is 0 Å². The first kappa shape index (κ1) is 17.9. The first-order valence-corrected chi connectivity index (χ1v) is 7.76. The average Bonchev–Trinajstić information content (AvgIpc) is 2.57. The average molecular weight is 359 g/mol. The van der Waals surface area contributed by atoms with E-state index >= 15 is 0 Å². The highest BCUT2D eigenvalue weighted by atomic mass is 79.9. The van der Waals surface area contributed by atoms with E-state index < -0.39 is 0 Å². The molecule has 114 valence electrons. The normalized spacial score (nSPS) is 9.23. The van der Waals surface area contributed by atoms with Crippen molar-refractivity contribution in [3.63, 3.8) is 0 Å². The molecule has 0 aliphatic rings. The summed E-state index contributed by atoms with van der Waals surface area (Å²) in [6.45, 7) is 11.5. The Kier molecular flexibility index (Phi) is 7.26. The molecule has 0 radical (unpaired) electrons. The maximum atomic E-state index is 12.2. The molecule has 2 aromatic rings. The van der Waals surface area contributed by atoms with E-state index in [1.54, 1.807) is 30.5 Å². The lowest BCUT2D eigenvalue weighted by Gasteiger charge is -2.09. The van der Waals surface area contributed by atoms with Crippen LogP contribution in [0.2, 0.25) is 0 Å².